The fourth-order valence-electron chi connectivity index (χ4n) is 3.37. The van der Waals surface area contributed by atoms with Crippen LogP contribution in [0.3, 0.4) is 0 Å². The molecule has 0 amide bonds. The predicted molar refractivity (Wildman–Crippen MR) is 75.7 cm³/mol. The highest BCUT2D eigenvalue weighted by atomic mass is 16.3. The van der Waals surface area contributed by atoms with Crippen molar-refractivity contribution in [3.63, 3.8) is 0 Å². The van der Waals surface area contributed by atoms with E-state index in [0.29, 0.717) is 12.0 Å². The summed E-state index contributed by atoms with van der Waals surface area (Å²) in [6.07, 6.45) is 6.05. The number of hydrogen-bond acceptors (Lipinski definition) is 3. The van der Waals surface area contributed by atoms with E-state index in [9.17, 15) is 5.11 Å². The molecule has 18 heavy (non-hydrogen) atoms. The maximum Gasteiger partial charge on any atom is 0.0580 e. The molecule has 106 valence electrons. The molecule has 3 heteroatoms. The number of aliphatic hydroxyl groups excluding tert-OH is 1. The molecule has 0 radical (unpaired) electrons. The highest BCUT2D eigenvalue weighted by molar-refractivity contribution is 4.80. The summed E-state index contributed by atoms with van der Waals surface area (Å²) in [6, 6.07) is 0.677. The molecule has 1 saturated carbocycles. The van der Waals surface area contributed by atoms with Crippen LogP contribution in [0.4, 0.5) is 0 Å². The second-order valence-electron chi connectivity index (χ2n) is 6.40. The zero-order valence-electron chi connectivity index (χ0n) is 12.1. The van der Waals surface area contributed by atoms with Crippen LogP contribution in [0.1, 0.15) is 46.0 Å². The normalized spacial score (nSPS) is 32.7. The van der Waals surface area contributed by atoms with E-state index in [1.54, 1.807) is 0 Å². The Hall–Kier alpha value is -0.120. The van der Waals surface area contributed by atoms with Gasteiger partial charge in [0.25, 0.3) is 0 Å². The van der Waals surface area contributed by atoms with Gasteiger partial charge in [-0.1, -0.05) is 19.3 Å². The van der Waals surface area contributed by atoms with Gasteiger partial charge in [-0.05, 0) is 32.6 Å². The van der Waals surface area contributed by atoms with Crippen molar-refractivity contribution in [3.05, 3.63) is 0 Å². The highest BCUT2D eigenvalue weighted by Gasteiger charge is 2.26. The van der Waals surface area contributed by atoms with Crippen molar-refractivity contribution in [2.45, 2.75) is 58.1 Å². The predicted octanol–water partition coefficient (Wildman–Crippen LogP) is 1.95. The molecule has 0 aromatic rings. The van der Waals surface area contributed by atoms with Crippen LogP contribution in [0.5, 0.6) is 0 Å². The second-order valence-corrected chi connectivity index (χ2v) is 6.40. The first-order valence-electron chi connectivity index (χ1n) is 7.81. The smallest absolute Gasteiger partial charge is 0.0580 e. The minimum Gasteiger partial charge on any atom is -0.393 e. The Morgan fingerprint density at radius 2 is 1.67 bits per heavy atom. The van der Waals surface area contributed by atoms with Crippen molar-refractivity contribution in [3.8, 4) is 0 Å². The molecule has 2 rings (SSSR count). The molecule has 2 unspecified atom stereocenters. The van der Waals surface area contributed by atoms with E-state index in [2.05, 4.69) is 23.6 Å². The molecule has 0 bridgehead atoms. The van der Waals surface area contributed by atoms with Crippen LogP contribution in [-0.4, -0.2) is 59.8 Å². The Morgan fingerprint density at radius 1 is 1.00 bits per heavy atom. The van der Waals surface area contributed by atoms with E-state index in [4.69, 9.17) is 0 Å². The third-order valence-electron chi connectivity index (χ3n) is 4.75. The summed E-state index contributed by atoms with van der Waals surface area (Å²) in [6.45, 7) is 10.4. The van der Waals surface area contributed by atoms with Gasteiger partial charge in [0.2, 0.25) is 0 Å². The number of piperazine rings is 1. The Morgan fingerprint density at radius 3 is 2.33 bits per heavy atom. The summed E-state index contributed by atoms with van der Waals surface area (Å²) >= 11 is 0. The molecular formula is C15H30N2O. The molecule has 1 saturated heterocycles. The average Bonchev–Trinajstić information content (AvgIpc) is 2.56. The third kappa shape index (κ3) is 3.94. The molecular weight excluding hydrogens is 224 g/mol. The Bertz CT molecular complexity index is 237. The lowest BCUT2D eigenvalue weighted by molar-refractivity contribution is 0.0477. The second kappa shape index (κ2) is 6.88. The lowest BCUT2D eigenvalue weighted by Crippen LogP contribution is -2.50. The first kappa shape index (κ1) is 14.3. The summed E-state index contributed by atoms with van der Waals surface area (Å²) in [5.74, 6) is 0.526. The number of rotatable bonds is 3. The van der Waals surface area contributed by atoms with E-state index >= 15 is 0 Å². The topological polar surface area (TPSA) is 26.7 Å². The van der Waals surface area contributed by atoms with Gasteiger partial charge in [0, 0.05) is 38.8 Å². The SMILES string of the molecule is CC(C)N1CCN(CC2CCCCCC2O)CC1. The first-order valence-corrected chi connectivity index (χ1v) is 7.81. The molecule has 1 heterocycles. The van der Waals surface area contributed by atoms with Crippen molar-refractivity contribution in [1.29, 1.82) is 0 Å². The molecule has 0 aromatic carbocycles. The fraction of sp³-hybridized carbons (Fsp3) is 1.00. The van der Waals surface area contributed by atoms with Gasteiger partial charge < -0.3 is 10.0 Å². The van der Waals surface area contributed by atoms with Gasteiger partial charge in [0.05, 0.1) is 6.10 Å². The molecule has 3 nitrogen and oxygen atoms in total. The first-order chi connectivity index (χ1) is 8.66. The van der Waals surface area contributed by atoms with Gasteiger partial charge in [-0.2, -0.15) is 0 Å². The quantitative estimate of drug-likeness (QED) is 0.780. The average molecular weight is 254 g/mol. The third-order valence-corrected chi connectivity index (χ3v) is 4.75. The molecule has 0 aromatic heterocycles. The summed E-state index contributed by atoms with van der Waals surface area (Å²) in [5, 5.41) is 10.2. The number of hydrogen-bond donors (Lipinski definition) is 1. The van der Waals surface area contributed by atoms with E-state index in [0.717, 1.165) is 13.0 Å². The number of nitrogens with zero attached hydrogens (tertiary/aromatic N) is 2. The molecule has 2 aliphatic rings. The summed E-state index contributed by atoms with van der Waals surface area (Å²) in [4.78, 5) is 5.12. The van der Waals surface area contributed by atoms with Gasteiger partial charge in [0.1, 0.15) is 0 Å². The van der Waals surface area contributed by atoms with Crippen molar-refractivity contribution >= 4 is 0 Å². The van der Waals surface area contributed by atoms with Gasteiger partial charge in [0.15, 0.2) is 0 Å². The van der Waals surface area contributed by atoms with Crippen LogP contribution in [0, 0.1) is 5.92 Å². The van der Waals surface area contributed by atoms with E-state index in [1.165, 1.54) is 51.9 Å². The van der Waals surface area contributed by atoms with Gasteiger partial charge in [-0.3, -0.25) is 4.90 Å². The van der Waals surface area contributed by atoms with E-state index < -0.39 is 0 Å². The van der Waals surface area contributed by atoms with Crippen LogP contribution < -0.4 is 0 Å². The Balaban J connectivity index is 1.76. The maximum absolute atomic E-state index is 10.2. The van der Waals surface area contributed by atoms with Gasteiger partial charge in [-0.25, -0.2) is 0 Å². The summed E-state index contributed by atoms with van der Waals surface area (Å²) in [5.41, 5.74) is 0. The minimum atomic E-state index is -0.0457. The van der Waals surface area contributed by atoms with Gasteiger partial charge >= 0.3 is 0 Å². The van der Waals surface area contributed by atoms with Crippen molar-refractivity contribution in [2.75, 3.05) is 32.7 Å². The Labute approximate surface area is 112 Å². The molecule has 2 atom stereocenters. The van der Waals surface area contributed by atoms with E-state index in [-0.39, 0.29) is 6.10 Å². The van der Waals surface area contributed by atoms with Crippen LogP contribution in [0.25, 0.3) is 0 Å². The van der Waals surface area contributed by atoms with Crippen molar-refractivity contribution in [2.24, 2.45) is 5.92 Å². The van der Waals surface area contributed by atoms with Crippen LogP contribution in [-0.2, 0) is 0 Å². The molecule has 0 spiro atoms. The summed E-state index contributed by atoms with van der Waals surface area (Å²) < 4.78 is 0. The fourth-order valence-corrected chi connectivity index (χ4v) is 3.37. The Kier molecular flexibility index (Phi) is 5.46. The zero-order chi connectivity index (χ0) is 13.0. The lowest BCUT2D eigenvalue weighted by Gasteiger charge is -2.38. The van der Waals surface area contributed by atoms with Crippen LogP contribution in [0.15, 0.2) is 0 Å². The largest absolute Gasteiger partial charge is 0.393 e. The maximum atomic E-state index is 10.2. The van der Waals surface area contributed by atoms with E-state index in [1.807, 2.05) is 0 Å². The molecule has 1 aliphatic heterocycles. The van der Waals surface area contributed by atoms with Crippen molar-refractivity contribution < 1.29 is 5.11 Å². The monoisotopic (exact) mass is 254 g/mol. The molecule has 1 N–H and O–H groups in total. The van der Waals surface area contributed by atoms with Crippen molar-refractivity contribution in [1.82, 2.24) is 9.80 Å². The van der Waals surface area contributed by atoms with Gasteiger partial charge in [-0.15, -0.1) is 0 Å². The van der Waals surface area contributed by atoms with Crippen LogP contribution >= 0.6 is 0 Å². The molecule has 2 fully saturated rings. The zero-order valence-corrected chi connectivity index (χ0v) is 12.1. The summed E-state index contributed by atoms with van der Waals surface area (Å²) in [7, 11) is 0. The van der Waals surface area contributed by atoms with Crippen LogP contribution in [0.2, 0.25) is 0 Å². The highest BCUT2D eigenvalue weighted by Crippen LogP contribution is 2.24. The molecule has 1 aliphatic carbocycles. The minimum absolute atomic E-state index is 0.0457. The standard InChI is InChI=1S/C15H30N2O/c1-13(2)17-10-8-16(9-11-17)12-14-6-4-3-5-7-15(14)18/h13-15,18H,3-12H2,1-2H3. The number of aliphatic hydroxyl groups is 1. The lowest BCUT2D eigenvalue weighted by atomic mass is 9.96.